The minimum atomic E-state index is -2.49. The molecular formula is C17H21FN2O6S. The van der Waals surface area contributed by atoms with Crippen LogP contribution in [0.4, 0.5) is 14.9 Å². The Balaban J connectivity index is 1.41. The van der Waals surface area contributed by atoms with Gasteiger partial charge in [-0.15, -0.1) is 0 Å². The third-order valence-electron chi connectivity index (χ3n) is 5.45. The van der Waals surface area contributed by atoms with E-state index in [1.807, 2.05) is 0 Å². The van der Waals surface area contributed by atoms with Crippen LogP contribution < -0.4 is 10.2 Å². The highest BCUT2D eigenvalue weighted by atomic mass is 32.3. The summed E-state index contributed by atoms with van der Waals surface area (Å²) in [6.07, 6.45) is -1.20. The number of hydrogen-bond donors (Lipinski definition) is 4. The number of hydrogen-bond acceptors (Lipinski definition) is 6. The van der Waals surface area contributed by atoms with E-state index in [0.717, 1.165) is 0 Å². The van der Waals surface area contributed by atoms with Crippen LogP contribution in [0.5, 0.6) is 0 Å². The lowest BCUT2D eigenvalue weighted by molar-refractivity contribution is -0.124. The summed E-state index contributed by atoms with van der Waals surface area (Å²) in [6.45, 7) is -0.408. The minimum Gasteiger partial charge on any atom is -0.442 e. The number of carbonyl (C=O) groups excluding carboxylic acids is 2. The van der Waals surface area contributed by atoms with Crippen molar-refractivity contribution >= 4 is 28.3 Å². The van der Waals surface area contributed by atoms with Crippen LogP contribution in [-0.2, 0) is 9.53 Å². The smallest absolute Gasteiger partial charge is 0.414 e. The van der Waals surface area contributed by atoms with Crippen molar-refractivity contribution in [2.75, 3.05) is 36.1 Å². The first-order valence-corrected chi connectivity index (χ1v) is 10.6. The molecule has 0 bridgehead atoms. The topological polar surface area (TPSA) is 119 Å². The molecule has 0 aromatic heterocycles. The number of aliphatic hydroxyl groups is 1. The van der Waals surface area contributed by atoms with Crippen molar-refractivity contribution in [1.82, 2.24) is 5.32 Å². The molecule has 1 saturated carbocycles. The summed E-state index contributed by atoms with van der Waals surface area (Å²) in [5.74, 6) is -0.0734. The molecule has 1 aliphatic carbocycles. The van der Waals surface area contributed by atoms with Crippen molar-refractivity contribution in [2.45, 2.75) is 12.0 Å². The van der Waals surface area contributed by atoms with E-state index in [9.17, 15) is 23.1 Å². The lowest BCUT2D eigenvalue weighted by atomic mass is 10.1. The Morgan fingerprint density at radius 2 is 2.04 bits per heavy atom. The molecule has 27 heavy (non-hydrogen) atoms. The van der Waals surface area contributed by atoms with Gasteiger partial charge in [-0.05, 0) is 35.4 Å². The average molecular weight is 400 g/mol. The van der Waals surface area contributed by atoms with Crippen LogP contribution in [0.25, 0.3) is 0 Å². The summed E-state index contributed by atoms with van der Waals surface area (Å²) >= 11 is 0. The van der Waals surface area contributed by atoms with Crippen LogP contribution in [0.3, 0.4) is 0 Å². The normalized spacial score (nSPS) is 32.0. The van der Waals surface area contributed by atoms with Crippen LogP contribution >= 0.6 is 10.6 Å². The van der Waals surface area contributed by atoms with Crippen LogP contribution in [0.2, 0.25) is 0 Å². The molecule has 10 heteroatoms. The predicted octanol–water partition coefficient (Wildman–Crippen LogP) is 1.35. The fourth-order valence-corrected chi connectivity index (χ4v) is 6.40. The lowest BCUT2D eigenvalue weighted by Crippen LogP contribution is -2.36. The SMILES string of the molecule is O=C(CO)NC[C@H]1CN(c2ccc(C3[C@H]4CS(O)(O)C[C@@H]34)c(F)c2)C(=O)O1. The molecule has 0 radical (unpaired) electrons. The van der Waals surface area contributed by atoms with Gasteiger partial charge in [0.2, 0.25) is 5.91 Å². The van der Waals surface area contributed by atoms with E-state index in [1.165, 1.54) is 11.0 Å². The maximum atomic E-state index is 14.6. The van der Waals surface area contributed by atoms with Gasteiger partial charge in [-0.25, -0.2) is 9.18 Å². The third-order valence-corrected chi connectivity index (χ3v) is 7.29. The monoisotopic (exact) mass is 400 g/mol. The van der Waals surface area contributed by atoms with Gasteiger partial charge in [0.1, 0.15) is 18.5 Å². The Hall–Kier alpha value is -1.88. The minimum absolute atomic E-state index is 0.00551. The summed E-state index contributed by atoms with van der Waals surface area (Å²) in [5, 5.41) is 11.1. The zero-order valence-electron chi connectivity index (χ0n) is 14.4. The van der Waals surface area contributed by atoms with Gasteiger partial charge in [-0.2, -0.15) is 10.6 Å². The molecule has 4 N–H and O–H groups in total. The van der Waals surface area contributed by atoms with Crippen molar-refractivity contribution in [3.63, 3.8) is 0 Å². The van der Waals surface area contributed by atoms with Gasteiger partial charge in [0, 0.05) is 11.5 Å². The molecule has 1 unspecified atom stereocenters. The van der Waals surface area contributed by atoms with Gasteiger partial charge in [-0.3, -0.25) is 18.8 Å². The molecule has 2 aliphatic heterocycles. The van der Waals surface area contributed by atoms with Crippen molar-refractivity contribution in [3.8, 4) is 0 Å². The molecule has 1 aromatic carbocycles. The van der Waals surface area contributed by atoms with Crippen LogP contribution in [0.15, 0.2) is 18.2 Å². The maximum absolute atomic E-state index is 14.6. The first-order chi connectivity index (χ1) is 12.8. The number of amides is 2. The number of cyclic esters (lactones) is 1. The van der Waals surface area contributed by atoms with Crippen LogP contribution in [0.1, 0.15) is 11.5 Å². The van der Waals surface area contributed by atoms with Gasteiger partial charge in [0.15, 0.2) is 0 Å². The Bertz CT molecular complexity index is 777. The molecule has 2 amide bonds. The molecule has 1 aromatic rings. The lowest BCUT2D eigenvalue weighted by Gasteiger charge is -2.29. The molecule has 0 spiro atoms. The fraction of sp³-hybridized carbons (Fsp3) is 0.529. The van der Waals surface area contributed by atoms with Gasteiger partial charge < -0.3 is 15.2 Å². The highest BCUT2D eigenvalue weighted by Gasteiger charge is 2.59. The first kappa shape index (κ1) is 18.5. The van der Waals surface area contributed by atoms with Crippen molar-refractivity contribution in [2.24, 2.45) is 11.8 Å². The van der Waals surface area contributed by atoms with E-state index >= 15 is 0 Å². The molecule has 4 atom stereocenters. The number of rotatable bonds is 5. The molecular weight excluding hydrogens is 379 g/mol. The van der Waals surface area contributed by atoms with E-state index < -0.39 is 41.1 Å². The van der Waals surface area contributed by atoms with E-state index in [1.54, 1.807) is 12.1 Å². The summed E-state index contributed by atoms with van der Waals surface area (Å²) in [6, 6.07) is 4.59. The Morgan fingerprint density at radius 3 is 2.67 bits per heavy atom. The number of aliphatic hydroxyl groups excluding tert-OH is 1. The molecule has 3 fully saturated rings. The molecule has 2 heterocycles. The van der Waals surface area contributed by atoms with Crippen molar-refractivity contribution in [3.05, 3.63) is 29.6 Å². The van der Waals surface area contributed by atoms with Crippen LogP contribution in [0, 0.1) is 17.7 Å². The second-order valence-corrected chi connectivity index (χ2v) is 9.54. The molecule has 2 saturated heterocycles. The zero-order chi connectivity index (χ0) is 19.3. The van der Waals surface area contributed by atoms with Gasteiger partial charge >= 0.3 is 6.09 Å². The summed E-state index contributed by atoms with van der Waals surface area (Å²) in [7, 11) is -2.49. The zero-order valence-corrected chi connectivity index (χ0v) is 15.2. The number of fused-ring (bicyclic) bond motifs is 1. The maximum Gasteiger partial charge on any atom is 0.414 e. The van der Waals surface area contributed by atoms with Gasteiger partial charge in [0.05, 0.1) is 18.8 Å². The van der Waals surface area contributed by atoms with Gasteiger partial charge in [0.25, 0.3) is 0 Å². The second-order valence-electron chi connectivity index (χ2n) is 7.27. The highest BCUT2D eigenvalue weighted by Crippen LogP contribution is 2.69. The molecule has 3 aliphatic rings. The number of benzene rings is 1. The van der Waals surface area contributed by atoms with Crippen LogP contribution in [-0.4, -0.2) is 63.5 Å². The molecule has 4 rings (SSSR count). The summed E-state index contributed by atoms with van der Waals surface area (Å²) in [4.78, 5) is 24.4. The van der Waals surface area contributed by atoms with Gasteiger partial charge in [-0.1, -0.05) is 6.07 Å². The number of carbonyl (C=O) groups is 2. The predicted molar refractivity (Wildman–Crippen MR) is 96.4 cm³/mol. The number of ether oxygens (including phenoxy) is 1. The molecule has 8 nitrogen and oxygen atoms in total. The van der Waals surface area contributed by atoms with E-state index in [4.69, 9.17) is 9.84 Å². The largest absolute Gasteiger partial charge is 0.442 e. The number of nitrogens with zero attached hydrogens (tertiary/aromatic N) is 1. The average Bonchev–Trinajstić information content (AvgIpc) is 2.95. The Kier molecular flexibility index (Phi) is 4.53. The third kappa shape index (κ3) is 3.49. The summed E-state index contributed by atoms with van der Waals surface area (Å²) < 4.78 is 39.2. The highest BCUT2D eigenvalue weighted by molar-refractivity contribution is 8.24. The van der Waals surface area contributed by atoms with E-state index in [0.29, 0.717) is 22.8 Å². The Labute approximate surface area is 156 Å². The number of nitrogens with one attached hydrogen (secondary N) is 1. The van der Waals surface area contributed by atoms with Crippen molar-refractivity contribution in [1.29, 1.82) is 0 Å². The first-order valence-electron chi connectivity index (χ1n) is 8.68. The van der Waals surface area contributed by atoms with E-state index in [2.05, 4.69) is 5.32 Å². The fourth-order valence-electron chi connectivity index (χ4n) is 4.12. The Morgan fingerprint density at radius 1 is 1.33 bits per heavy atom. The summed E-state index contributed by atoms with van der Waals surface area (Å²) in [5.41, 5.74) is 0.912. The molecule has 148 valence electrons. The second kappa shape index (κ2) is 6.62. The standard InChI is InChI=1S/C17H21FN2O6S/c18-14-3-9(20-5-10(26-17(20)23)4-19-15(22)6-21)1-2-11(14)16-12-7-27(24,25)8-13(12)16/h1-3,10,12-13,16,21,24-25H,4-8H2,(H,19,22)/t10-,12-,13+,16?/m0/s1. The number of halogens is 1. The number of anilines is 1. The van der Waals surface area contributed by atoms with E-state index in [-0.39, 0.29) is 30.8 Å². The van der Waals surface area contributed by atoms with Crippen molar-refractivity contribution < 1.29 is 32.9 Å². The quantitative estimate of drug-likeness (QED) is 0.592.